The Kier molecular flexibility index (Phi) is 4.29. The zero-order valence-electron chi connectivity index (χ0n) is 11.1. The highest BCUT2D eigenvalue weighted by Gasteiger charge is 2.20. The van der Waals surface area contributed by atoms with Gasteiger partial charge in [-0.3, -0.25) is 0 Å². The molecule has 6 nitrogen and oxygen atoms in total. The monoisotopic (exact) mass is 279 g/mol. The molecule has 1 aromatic heterocycles. The average molecular weight is 279 g/mol. The van der Waals surface area contributed by atoms with E-state index in [1.807, 2.05) is 0 Å². The second kappa shape index (κ2) is 6.14. The predicted molar refractivity (Wildman–Crippen MR) is 68.9 cm³/mol. The number of H-pyrrole nitrogens is 1. The van der Waals surface area contributed by atoms with Gasteiger partial charge in [-0.05, 0) is 32.0 Å². The van der Waals surface area contributed by atoms with Crippen molar-refractivity contribution >= 4 is 5.97 Å². The smallest absolute Gasteiger partial charge is 0.361 e. The van der Waals surface area contributed by atoms with E-state index in [0.29, 0.717) is 12.2 Å². The first kappa shape index (κ1) is 14.0. The zero-order valence-corrected chi connectivity index (χ0v) is 11.1. The summed E-state index contributed by atoms with van der Waals surface area (Å²) in [4.78, 5) is 11.7. The second-order valence-corrected chi connectivity index (χ2v) is 3.82. The van der Waals surface area contributed by atoms with E-state index < -0.39 is 11.8 Å². The van der Waals surface area contributed by atoms with Gasteiger partial charge in [-0.1, -0.05) is 0 Å². The summed E-state index contributed by atoms with van der Waals surface area (Å²) in [6.07, 6.45) is 0. The molecule has 7 heteroatoms. The molecule has 0 spiro atoms. The maximum absolute atomic E-state index is 13.8. The number of aromatic amines is 1. The fourth-order valence-corrected chi connectivity index (χ4v) is 1.69. The SMILES string of the molecule is CCOC(=O)c1n[nH]nc1-c1ccc(OCC)c(F)c1. The summed E-state index contributed by atoms with van der Waals surface area (Å²) in [5.41, 5.74) is 0.684. The van der Waals surface area contributed by atoms with Crippen LogP contribution in [0.3, 0.4) is 0 Å². The maximum Gasteiger partial charge on any atom is 0.361 e. The van der Waals surface area contributed by atoms with Crippen LogP contribution in [0.15, 0.2) is 18.2 Å². The molecule has 2 aromatic rings. The molecule has 2 rings (SSSR count). The molecule has 106 valence electrons. The molecule has 1 N–H and O–H groups in total. The van der Waals surface area contributed by atoms with E-state index >= 15 is 0 Å². The molecule has 0 unspecified atom stereocenters. The van der Waals surface area contributed by atoms with Gasteiger partial charge in [0.15, 0.2) is 17.3 Å². The Balaban J connectivity index is 2.35. The summed E-state index contributed by atoms with van der Waals surface area (Å²) in [7, 11) is 0. The standard InChI is InChI=1S/C13H14FN3O3/c1-3-19-10-6-5-8(7-9(10)14)11-12(16-17-15-11)13(18)20-4-2/h5-7H,3-4H2,1-2H3,(H,15,16,17). The number of nitrogens with zero attached hydrogens (tertiary/aromatic N) is 2. The highest BCUT2D eigenvalue weighted by atomic mass is 19.1. The van der Waals surface area contributed by atoms with Crippen molar-refractivity contribution in [3.05, 3.63) is 29.7 Å². The van der Waals surface area contributed by atoms with E-state index in [1.165, 1.54) is 12.1 Å². The third-order valence-electron chi connectivity index (χ3n) is 2.52. The van der Waals surface area contributed by atoms with Crippen molar-refractivity contribution in [1.29, 1.82) is 0 Å². The summed E-state index contributed by atoms with van der Waals surface area (Å²) in [6, 6.07) is 4.33. The number of rotatable bonds is 5. The lowest BCUT2D eigenvalue weighted by molar-refractivity contribution is 0.0520. The quantitative estimate of drug-likeness (QED) is 0.849. The van der Waals surface area contributed by atoms with Crippen LogP contribution in [0, 0.1) is 5.82 Å². The highest BCUT2D eigenvalue weighted by Crippen LogP contribution is 2.26. The van der Waals surface area contributed by atoms with Crippen LogP contribution in [0.4, 0.5) is 4.39 Å². The van der Waals surface area contributed by atoms with Crippen molar-refractivity contribution in [3.8, 4) is 17.0 Å². The Morgan fingerprint density at radius 3 is 2.75 bits per heavy atom. The van der Waals surface area contributed by atoms with Crippen LogP contribution in [0.2, 0.25) is 0 Å². The summed E-state index contributed by atoms with van der Waals surface area (Å²) >= 11 is 0. The minimum Gasteiger partial charge on any atom is -0.491 e. The summed E-state index contributed by atoms with van der Waals surface area (Å²) in [6.45, 7) is 4.05. The molecule has 0 aliphatic heterocycles. The lowest BCUT2D eigenvalue weighted by atomic mass is 10.1. The molecule has 20 heavy (non-hydrogen) atoms. The number of carbonyl (C=O) groups is 1. The third-order valence-corrected chi connectivity index (χ3v) is 2.52. The third kappa shape index (κ3) is 2.76. The number of aromatic nitrogens is 3. The highest BCUT2D eigenvalue weighted by molar-refractivity contribution is 5.93. The van der Waals surface area contributed by atoms with Crippen molar-refractivity contribution in [2.24, 2.45) is 0 Å². The zero-order chi connectivity index (χ0) is 14.5. The molecular formula is C13H14FN3O3. The number of benzene rings is 1. The van der Waals surface area contributed by atoms with E-state index in [0.717, 1.165) is 0 Å². The second-order valence-electron chi connectivity index (χ2n) is 3.82. The van der Waals surface area contributed by atoms with Gasteiger partial charge < -0.3 is 9.47 Å². The normalized spacial score (nSPS) is 10.3. The van der Waals surface area contributed by atoms with Gasteiger partial charge in [0.2, 0.25) is 0 Å². The lowest BCUT2D eigenvalue weighted by Crippen LogP contribution is -2.07. The van der Waals surface area contributed by atoms with E-state index in [1.54, 1.807) is 19.9 Å². The van der Waals surface area contributed by atoms with Crippen molar-refractivity contribution in [1.82, 2.24) is 15.4 Å². The lowest BCUT2D eigenvalue weighted by Gasteiger charge is -2.06. The van der Waals surface area contributed by atoms with Crippen LogP contribution in [0.25, 0.3) is 11.3 Å². The molecule has 0 aliphatic rings. The minimum atomic E-state index is -0.606. The topological polar surface area (TPSA) is 77.1 Å². The predicted octanol–water partition coefficient (Wildman–Crippen LogP) is 2.19. The molecule has 0 radical (unpaired) electrons. The number of carbonyl (C=O) groups excluding carboxylic acids is 1. The van der Waals surface area contributed by atoms with Gasteiger partial charge >= 0.3 is 5.97 Å². The Labute approximate surface area is 114 Å². The number of ether oxygens (including phenoxy) is 2. The van der Waals surface area contributed by atoms with Crippen LogP contribution in [-0.4, -0.2) is 34.6 Å². The van der Waals surface area contributed by atoms with Gasteiger partial charge in [-0.2, -0.15) is 10.3 Å². The van der Waals surface area contributed by atoms with Crippen molar-refractivity contribution in [2.75, 3.05) is 13.2 Å². The minimum absolute atomic E-state index is 0.0235. The van der Waals surface area contributed by atoms with Gasteiger partial charge in [0.05, 0.1) is 13.2 Å². The molecule has 0 amide bonds. The number of esters is 1. The Morgan fingerprint density at radius 1 is 1.30 bits per heavy atom. The average Bonchev–Trinajstić information content (AvgIpc) is 2.91. The summed E-state index contributed by atoms with van der Waals surface area (Å²) in [5.74, 6) is -0.981. The molecule has 0 saturated carbocycles. The first-order chi connectivity index (χ1) is 9.67. The Hall–Kier alpha value is -2.44. The molecule has 0 aliphatic carbocycles. The molecule has 1 heterocycles. The molecule has 1 aromatic carbocycles. The van der Waals surface area contributed by atoms with Crippen LogP contribution in [0.1, 0.15) is 24.3 Å². The van der Waals surface area contributed by atoms with Crippen molar-refractivity contribution in [2.45, 2.75) is 13.8 Å². The number of hydrogen-bond acceptors (Lipinski definition) is 5. The number of halogens is 1. The largest absolute Gasteiger partial charge is 0.491 e. The van der Waals surface area contributed by atoms with Crippen molar-refractivity contribution in [3.63, 3.8) is 0 Å². The summed E-state index contributed by atoms with van der Waals surface area (Å²) in [5, 5.41) is 9.94. The molecule has 0 fully saturated rings. The number of nitrogens with one attached hydrogen (secondary N) is 1. The van der Waals surface area contributed by atoms with Crippen LogP contribution in [0.5, 0.6) is 5.75 Å². The first-order valence-corrected chi connectivity index (χ1v) is 6.18. The molecule has 0 bridgehead atoms. The number of hydrogen-bond donors (Lipinski definition) is 1. The fraction of sp³-hybridized carbons (Fsp3) is 0.308. The van der Waals surface area contributed by atoms with Gasteiger partial charge in [-0.15, -0.1) is 5.10 Å². The van der Waals surface area contributed by atoms with Gasteiger partial charge in [0, 0.05) is 5.56 Å². The van der Waals surface area contributed by atoms with Gasteiger partial charge in [0.1, 0.15) is 5.69 Å². The molecular weight excluding hydrogens is 265 g/mol. The van der Waals surface area contributed by atoms with Crippen LogP contribution in [-0.2, 0) is 4.74 Å². The van der Waals surface area contributed by atoms with E-state index in [2.05, 4.69) is 15.4 Å². The Morgan fingerprint density at radius 2 is 2.10 bits per heavy atom. The summed E-state index contributed by atoms with van der Waals surface area (Å²) < 4.78 is 23.8. The Bertz CT molecular complexity index is 613. The van der Waals surface area contributed by atoms with E-state index in [9.17, 15) is 9.18 Å². The fourth-order valence-electron chi connectivity index (χ4n) is 1.69. The van der Waals surface area contributed by atoms with E-state index in [4.69, 9.17) is 9.47 Å². The molecule has 0 saturated heterocycles. The first-order valence-electron chi connectivity index (χ1n) is 6.18. The van der Waals surface area contributed by atoms with Crippen molar-refractivity contribution < 1.29 is 18.7 Å². The maximum atomic E-state index is 13.8. The van der Waals surface area contributed by atoms with E-state index in [-0.39, 0.29) is 23.7 Å². The van der Waals surface area contributed by atoms with Gasteiger partial charge in [0.25, 0.3) is 0 Å². The molecule has 0 atom stereocenters. The van der Waals surface area contributed by atoms with Crippen LogP contribution < -0.4 is 4.74 Å². The van der Waals surface area contributed by atoms with Crippen LogP contribution >= 0.6 is 0 Å². The van der Waals surface area contributed by atoms with Gasteiger partial charge in [-0.25, -0.2) is 9.18 Å².